The van der Waals surface area contributed by atoms with Crippen LogP contribution in [-0.4, -0.2) is 28.7 Å². The highest BCUT2D eigenvalue weighted by Crippen LogP contribution is 2.20. The van der Waals surface area contributed by atoms with Crippen LogP contribution >= 0.6 is 0 Å². The fourth-order valence-electron chi connectivity index (χ4n) is 1.83. The molecule has 0 aliphatic heterocycles. The van der Waals surface area contributed by atoms with Crippen molar-refractivity contribution in [1.29, 1.82) is 0 Å². The third kappa shape index (κ3) is 6.02. The van der Waals surface area contributed by atoms with Gasteiger partial charge in [-0.05, 0) is 24.3 Å². The standard InChI is InChI=1S/C15H24N2O3/c1-15(2,12-18)8-5-9-16-13(19)7-11-17-10-4-3-6-14(17)20/h3-4,6,10,18H,5,7-9,11-12H2,1-2H3,(H,16,19). The summed E-state index contributed by atoms with van der Waals surface area (Å²) in [6, 6.07) is 4.94. The quantitative estimate of drug-likeness (QED) is 0.702. The molecule has 0 radical (unpaired) electrons. The van der Waals surface area contributed by atoms with Gasteiger partial charge in [0.15, 0.2) is 0 Å². The molecule has 0 unspecified atom stereocenters. The highest BCUT2D eigenvalue weighted by molar-refractivity contribution is 5.75. The van der Waals surface area contributed by atoms with Crippen LogP contribution in [0.15, 0.2) is 29.2 Å². The Morgan fingerprint density at radius 1 is 1.40 bits per heavy atom. The Morgan fingerprint density at radius 2 is 2.15 bits per heavy atom. The minimum atomic E-state index is -0.0952. The summed E-state index contributed by atoms with van der Waals surface area (Å²) in [4.78, 5) is 23.1. The van der Waals surface area contributed by atoms with Gasteiger partial charge in [0.05, 0.1) is 0 Å². The molecule has 1 rings (SSSR count). The van der Waals surface area contributed by atoms with Gasteiger partial charge in [0.25, 0.3) is 5.56 Å². The Morgan fingerprint density at radius 3 is 2.80 bits per heavy atom. The van der Waals surface area contributed by atoms with Crippen molar-refractivity contribution in [3.05, 3.63) is 34.7 Å². The monoisotopic (exact) mass is 280 g/mol. The predicted molar refractivity (Wildman–Crippen MR) is 78.4 cm³/mol. The topological polar surface area (TPSA) is 71.3 Å². The second-order valence-corrected chi connectivity index (χ2v) is 5.76. The van der Waals surface area contributed by atoms with Crippen molar-refractivity contribution < 1.29 is 9.90 Å². The number of nitrogens with one attached hydrogen (secondary N) is 1. The maximum absolute atomic E-state index is 11.6. The summed E-state index contributed by atoms with van der Waals surface area (Å²) < 4.78 is 1.52. The Balaban J connectivity index is 2.22. The summed E-state index contributed by atoms with van der Waals surface area (Å²) in [6.45, 7) is 5.14. The van der Waals surface area contributed by atoms with Gasteiger partial charge in [-0.1, -0.05) is 19.9 Å². The van der Waals surface area contributed by atoms with Crippen molar-refractivity contribution in [3.63, 3.8) is 0 Å². The smallest absolute Gasteiger partial charge is 0.250 e. The van der Waals surface area contributed by atoms with E-state index in [1.165, 1.54) is 10.6 Å². The van der Waals surface area contributed by atoms with Gasteiger partial charge in [0.2, 0.25) is 5.91 Å². The van der Waals surface area contributed by atoms with E-state index in [2.05, 4.69) is 5.32 Å². The zero-order valence-corrected chi connectivity index (χ0v) is 12.3. The summed E-state index contributed by atoms with van der Waals surface area (Å²) in [5.41, 5.74) is -0.188. The van der Waals surface area contributed by atoms with Crippen molar-refractivity contribution in [3.8, 4) is 0 Å². The Kier molecular flexibility index (Phi) is 6.45. The molecule has 1 heterocycles. The van der Waals surface area contributed by atoms with E-state index in [9.17, 15) is 9.59 Å². The van der Waals surface area contributed by atoms with Crippen LogP contribution in [0.25, 0.3) is 0 Å². The molecule has 5 heteroatoms. The molecular formula is C15H24N2O3. The number of nitrogens with zero attached hydrogens (tertiary/aromatic N) is 1. The van der Waals surface area contributed by atoms with Crippen molar-refractivity contribution in [1.82, 2.24) is 9.88 Å². The molecular weight excluding hydrogens is 256 g/mol. The summed E-state index contributed by atoms with van der Waals surface area (Å²) in [6.07, 6.45) is 3.68. The maximum Gasteiger partial charge on any atom is 0.250 e. The van der Waals surface area contributed by atoms with E-state index < -0.39 is 0 Å². The number of amides is 1. The lowest BCUT2D eigenvalue weighted by Gasteiger charge is -2.21. The molecule has 0 spiro atoms. The molecule has 1 aromatic rings. The zero-order valence-electron chi connectivity index (χ0n) is 12.3. The van der Waals surface area contributed by atoms with Gasteiger partial charge in [-0.3, -0.25) is 9.59 Å². The molecule has 0 aliphatic carbocycles. The summed E-state index contributed by atoms with van der Waals surface area (Å²) in [5.74, 6) is -0.0532. The highest BCUT2D eigenvalue weighted by atomic mass is 16.3. The van der Waals surface area contributed by atoms with E-state index in [1.54, 1.807) is 18.3 Å². The number of hydrogen-bond acceptors (Lipinski definition) is 3. The normalized spacial score (nSPS) is 11.3. The van der Waals surface area contributed by atoms with Gasteiger partial charge in [-0.25, -0.2) is 0 Å². The number of pyridine rings is 1. The third-order valence-corrected chi connectivity index (χ3v) is 3.26. The number of aliphatic hydroxyl groups is 1. The minimum absolute atomic E-state index is 0.0532. The molecule has 0 bridgehead atoms. The lowest BCUT2D eigenvalue weighted by molar-refractivity contribution is -0.121. The van der Waals surface area contributed by atoms with Crippen LogP contribution in [0.4, 0.5) is 0 Å². The SMILES string of the molecule is CC(C)(CO)CCCNC(=O)CCn1ccccc1=O. The van der Waals surface area contributed by atoms with E-state index in [0.717, 1.165) is 12.8 Å². The molecule has 1 amide bonds. The van der Waals surface area contributed by atoms with Crippen molar-refractivity contribution in [2.45, 2.75) is 39.7 Å². The number of aliphatic hydroxyl groups excluding tert-OH is 1. The van der Waals surface area contributed by atoms with Crippen LogP contribution in [-0.2, 0) is 11.3 Å². The average molecular weight is 280 g/mol. The van der Waals surface area contributed by atoms with Crippen LogP contribution in [0.1, 0.15) is 33.1 Å². The summed E-state index contributed by atoms with van der Waals surface area (Å²) in [7, 11) is 0. The van der Waals surface area contributed by atoms with Gasteiger partial charge in [-0.2, -0.15) is 0 Å². The van der Waals surface area contributed by atoms with Gasteiger partial charge >= 0.3 is 0 Å². The molecule has 5 nitrogen and oxygen atoms in total. The first-order valence-electron chi connectivity index (χ1n) is 6.98. The molecule has 2 N–H and O–H groups in total. The minimum Gasteiger partial charge on any atom is -0.396 e. The first kappa shape index (κ1) is 16.4. The van der Waals surface area contributed by atoms with Gasteiger partial charge in [0.1, 0.15) is 0 Å². The molecule has 112 valence electrons. The Bertz CT molecular complexity index is 480. The largest absolute Gasteiger partial charge is 0.396 e. The van der Waals surface area contributed by atoms with Gasteiger partial charge in [-0.15, -0.1) is 0 Å². The zero-order chi connectivity index (χ0) is 15.0. The van der Waals surface area contributed by atoms with E-state index in [1.807, 2.05) is 13.8 Å². The number of hydrogen-bond donors (Lipinski definition) is 2. The van der Waals surface area contributed by atoms with Crippen LogP contribution < -0.4 is 10.9 Å². The van der Waals surface area contributed by atoms with Crippen molar-refractivity contribution >= 4 is 5.91 Å². The van der Waals surface area contributed by atoms with Crippen LogP contribution in [0, 0.1) is 5.41 Å². The molecule has 0 atom stereocenters. The highest BCUT2D eigenvalue weighted by Gasteiger charge is 2.15. The van der Waals surface area contributed by atoms with E-state index in [-0.39, 0.29) is 23.5 Å². The van der Waals surface area contributed by atoms with E-state index in [4.69, 9.17) is 5.11 Å². The average Bonchev–Trinajstić information content (AvgIpc) is 2.43. The van der Waals surface area contributed by atoms with Crippen LogP contribution in [0.2, 0.25) is 0 Å². The Hall–Kier alpha value is -1.62. The fourth-order valence-corrected chi connectivity index (χ4v) is 1.83. The summed E-state index contributed by atoms with van der Waals surface area (Å²) >= 11 is 0. The van der Waals surface area contributed by atoms with Crippen LogP contribution in [0.3, 0.4) is 0 Å². The van der Waals surface area contributed by atoms with Gasteiger partial charge < -0.3 is 15.0 Å². The first-order chi connectivity index (χ1) is 9.44. The number of aryl methyl sites for hydroxylation is 1. The molecule has 20 heavy (non-hydrogen) atoms. The van der Waals surface area contributed by atoms with Gasteiger partial charge in [0, 0.05) is 38.4 Å². The molecule has 0 aromatic carbocycles. The van der Waals surface area contributed by atoms with Crippen molar-refractivity contribution in [2.75, 3.05) is 13.2 Å². The number of aromatic nitrogens is 1. The fraction of sp³-hybridized carbons (Fsp3) is 0.600. The molecule has 0 aliphatic rings. The second-order valence-electron chi connectivity index (χ2n) is 5.76. The van der Waals surface area contributed by atoms with Crippen LogP contribution in [0.5, 0.6) is 0 Å². The third-order valence-electron chi connectivity index (χ3n) is 3.26. The lowest BCUT2D eigenvalue weighted by Crippen LogP contribution is -2.28. The lowest BCUT2D eigenvalue weighted by atomic mass is 9.89. The first-order valence-corrected chi connectivity index (χ1v) is 6.98. The molecule has 1 aromatic heterocycles. The van der Waals surface area contributed by atoms with E-state index in [0.29, 0.717) is 19.5 Å². The molecule has 0 fully saturated rings. The predicted octanol–water partition coefficient (Wildman–Crippen LogP) is 1.15. The molecule has 0 saturated carbocycles. The molecule has 0 saturated heterocycles. The van der Waals surface area contributed by atoms with E-state index >= 15 is 0 Å². The second kappa shape index (κ2) is 7.85. The summed E-state index contributed by atoms with van der Waals surface area (Å²) in [5, 5.41) is 12.0. The Labute approximate surface area is 119 Å². The number of carbonyl (C=O) groups is 1. The van der Waals surface area contributed by atoms with Crippen molar-refractivity contribution in [2.24, 2.45) is 5.41 Å². The number of carbonyl (C=O) groups excluding carboxylic acids is 1. The number of rotatable bonds is 8. The maximum atomic E-state index is 11.6.